The van der Waals surface area contributed by atoms with Crippen LogP contribution in [0.2, 0.25) is 0 Å². The minimum absolute atomic E-state index is 0.00743. The minimum atomic E-state index is -1.00. The normalized spacial score (nSPS) is 11.3. The lowest BCUT2D eigenvalue weighted by atomic mass is 10.1. The third kappa shape index (κ3) is 4.89. The van der Waals surface area contributed by atoms with Crippen LogP contribution in [-0.4, -0.2) is 25.8 Å². The molecule has 0 aliphatic carbocycles. The summed E-state index contributed by atoms with van der Waals surface area (Å²) in [5.41, 5.74) is 2.72. The third-order valence-electron chi connectivity index (χ3n) is 4.08. The number of nitro groups is 1. The number of nitrogens with zero attached hydrogens (tertiary/aromatic N) is 5. The number of non-ortho nitro benzene ring substituents is 1. The summed E-state index contributed by atoms with van der Waals surface area (Å²) in [7, 11) is 0. The van der Waals surface area contributed by atoms with E-state index in [1.54, 1.807) is 35.1 Å². The van der Waals surface area contributed by atoms with Crippen molar-refractivity contribution in [1.29, 1.82) is 0 Å². The van der Waals surface area contributed by atoms with Crippen LogP contribution in [0.1, 0.15) is 29.9 Å². The van der Waals surface area contributed by atoms with Crippen molar-refractivity contribution < 1.29 is 14.8 Å². The number of hydrogen-bond donors (Lipinski definition) is 1. The summed E-state index contributed by atoms with van der Waals surface area (Å²) in [4.78, 5) is 21.3. The number of carboxylic acid groups (broad SMARTS) is 1. The molecule has 0 amide bonds. The quantitative estimate of drug-likeness (QED) is 0.340. The van der Waals surface area contributed by atoms with Crippen molar-refractivity contribution in [3.8, 4) is 5.69 Å². The van der Waals surface area contributed by atoms with Gasteiger partial charge >= 0.3 is 5.97 Å². The lowest BCUT2D eigenvalue weighted by Gasteiger charge is -2.02. The van der Waals surface area contributed by atoms with Gasteiger partial charge in [0, 0.05) is 12.1 Å². The molecule has 0 aliphatic heterocycles. The smallest absolute Gasteiger partial charge is 0.335 e. The van der Waals surface area contributed by atoms with Crippen molar-refractivity contribution in [2.24, 2.45) is 16.1 Å². The molecule has 1 heterocycles. The van der Waals surface area contributed by atoms with E-state index in [1.807, 2.05) is 0 Å². The minimum Gasteiger partial charge on any atom is -0.478 e. The summed E-state index contributed by atoms with van der Waals surface area (Å²) >= 11 is 0. The van der Waals surface area contributed by atoms with E-state index in [-0.39, 0.29) is 11.3 Å². The average molecular weight is 393 g/mol. The van der Waals surface area contributed by atoms with Gasteiger partial charge in [0.05, 0.1) is 33.8 Å². The standard InChI is InChI=1S/C20H19N5O4/c1-13(2)11-18-19(22-21-15-5-3-14(4-6-15)20(26)27)12-24(23-18)16-7-9-17(10-8-16)25(28)29/h3-10,12-13H,11H2,1-2H3,(H,26,27). The first-order chi connectivity index (χ1) is 13.8. The van der Waals surface area contributed by atoms with Gasteiger partial charge in [-0.3, -0.25) is 10.1 Å². The average Bonchev–Trinajstić information content (AvgIpc) is 3.08. The summed E-state index contributed by atoms with van der Waals surface area (Å²) < 4.78 is 1.61. The number of carbonyl (C=O) groups is 1. The highest BCUT2D eigenvalue weighted by Gasteiger charge is 2.13. The zero-order chi connectivity index (χ0) is 21.0. The maximum absolute atomic E-state index is 10.9. The molecular weight excluding hydrogens is 374 g/mol. The van der Waals surface area contributed by atoms with Gasteiger partial charge in [0.2, 0.25) is 0 Å². The van der Waals surface area contributed by atoms with Crippen LogP contribution in [0.15, 0.2) is 65.0 Å². The van der Waals surface area contributed by atoms with Crippen LogP contribution in [0.4, 0.5) is 17.1 Å². The number of aromatic carboxylic acids is 1. The van der Waals surface area contributed by atoms with Gasteiger partial charge in [-0.25, -0.2) is 9.48 Å². The summed E-state index contributed by atoms with van der Waals surface area (Å²) in [5, 5.41) is 32.8. The molecule has 1 aromatic heterocycles. The molecule has 0 saturated heterocycles. The van der Waals surface area contributed by atoms with Gasteiger partial charge < -0.3 is 5.11 Å². The molecule has 9 nitrogen and oxygen atoms in total. The predicted molar refractivity (Wildman–Crippen MR) is 106 cm³/mol. The number of benzene rings is 2. The van der Waals surface area contributed by atoms with Crippen molar-refractivity contribution in [2.75, 3.05) is 0 Å². The van der Waals surface area contributed by atoms with E-state index in [0.717, 1.165) is 5.69 Å². The fourth-order valence-electron chi connectivity index (χ4n) is 2.66. The summed E-state index contributed by atoms with van der Waals surface area (Å²) in [6.07, 6.45) is 2.40. The SMILES string of the molecule is CC(C)Cc1nn(-c2ccc([N+](=O)[O-])cc2)cc1N=Nc1ccc(C(=O)O)cc1. The Morgan fingerprint density at radius 2 is 1.79 bits per heavy atom. The second kappa shape index (κ2) is 8.42. The lowest BCUT2D eigenvalue weighted by molar-refractivity contribution is -0.384. The van der Waals surface area contributed by atoms with Crippen LogP contribution in [0.3, 0.4) is 0 Å². The van der Waals surface area contributed by atoms with Crippen molar-refractivity contribution in [1.82, 2.24) is 9.78 Å². The van der Waals surface area contributed by atoms with Crippen LogP contribution in [0, 0.1) is 16.0 Å². The summed E-state index contributed by atoms with van der Waals surface area (Å²) in [6.45, 7) is 4.13. The van der Waals surface area contributed by atoms with Crippen LogP contribution in [-0.2, 0) is 6.42 Å². The van der Waals surface area contributed by atoms with Crippen molar-refractivity contribution in [2.45, 2.75) is 20.3 Å². The molecule has 148 valence electrons. The molecule has 0 bridgehead atoms. The molecular formula is C20H19N5O4. The van der Waals surface area contributed by atoms with Gasteiger partial charge in [-0.2, -0.15) is 10.2 Å². The Hall–Kier alpha value is -3.88. The number of hydrogen-bond acceptors (Lipinski definition) is 6. The highest BCUT2D eigenvalue weighted by molar-refractivity contribution is 5.87. The molecule has 0 fully saturated rings. The number of rotatable bonds is 7. The molecule has 3 rings (SSSR count). The molecule has 0 atom stereocenters. The van der Waals surface area contributed by atoms with Crippen LogP contribution >= 0.6 is 0 Å². The van der Waals surface area contributed by atoms with Crippen molar-refractivity contribution in [3.05, 3.63) is 76.1 Å². The number of carboxylic acids is 1. The molecule has 3 aromatic rings. The van der Waals surface area contributed by atoms with E-state index >= 15 is 0 Å². The Bertz CT molecular complexity index is 1050. The predicted octanol–water partition coefficient (Wildman–Crippen LogP) is 5.09. The zero-order valence-corrected chi connectivity index (χ0v) is 15.9. The van der Waals surface area contributed by atoms with E-state index in [4.69, 9.17) is 5.11 Å². The Labute approximate surface area is 166 Å². The van der Waals surface area contributed by atoms with Gasteiger partial charge in [-0.1, -0.05) is 13.8 Å². The highest BCUT2D eigenvalue weighted by atomic mass is 16.6. The molecule has 0 radical (unpaired) electrons. The first-order valence-corrected chi connectivity index (χ1v) is 8.92. The Balaban J connectivity index is 1.90. The lowest BCUT2D eigenvalue weighted by Crippen LogP contribution is -1.99. The summed E-state index contributed by atoms with van der Waals surface area (Å²) in [6, 6.07) is 12.2. The highest BCUT2D eigenvalue weighted by Crippen LogP contribution is 2.26. The molecule has 0 aliphatic rings. The topological polar surface area (TPSA) is 123 Å². The fraction of sp³-hybridized carbons (Fsp3) is 0.200. The van der Waals surface area contributed by atoms with Gasteiger partial charge in [0.1, 0.15) is 5.69 Å². The maximum Gasteiger partial charge on any atom is 0.335 e. The van der Waals surface area contributed by atoms with E-state index in [2.05, 4.69) is 29.2 Å². The van der Waals surface area contributed by atoms with Gasteiger partial charge in [0.15, 0.2) is 0 Å². The van der Waals surface area contributed by atoms with E-state index in [9.17, 15) is 14.9 Å². The molecule has 1 N–H and O–H groups in total. The molecule has 2 aromatic carbocycles. The largest absolute Gasteiger partial charge is 0.478 e. The van der Waals surface area contributed by atoms with Crippen LogP contribution in [0.5, 0.6) is 0 Å². The Morgan fingerprint density at radius 3 is 2.34 bits per heavy atom. The number of azo groups is 1. The number of aromatic nitrogens is 2. The van der Waals surface area contributed by atoms with E-state index < -0.39 is 10.9 Å². The molecule has 0 saturated carbocycles. The third-order valence-corrected chi connectivity index (χ3v) is 4.08. The second-order valence-corrected chi connectivity index (χ2v) is 6.83. The fourth-order valence-corrected chi connectivity index (χ4v) is 2.66. The van der Waals surface area contributed by atoms with Crippen molar-refractivity contribution >= 4 is 23.0 Å². The Morgan fingerprint density at radius 1 is 1.14 bits per heavy atom. The van der Waals surface area contributed by atoms with E-state index in [0.29, 0.717) is 29.4 Å². The Kier molecular flexibility index (Phi) is 5.77. The van der Waals surface area contributed by atoms with Crippen molar-refractivity contribution in [3.63, 3.8) is 0 Å². The second-order valence-electron chi connectivity index (χ2n) is 6.83. The van der Waals surface area contributed by atoms with Crippen LogP contribution < -0.4 is 0 Å². The monoisotopic (exact) mass is 393 g/mol. The molecule has 29 heavy (non-hydrogen) atoms. The zero-order valence-electron chi connectivity index (χ0n) is 15.9. The summed E-state index contributed by atoms with van der Waals surface area (Å²) in [5.74, 6) is -0.656. The van der Waals surface area contributed by atoms with Crippen LogP contribution in [0.25, 0.3) is 5.69 Å². The van der Waals surface area contributed by atoms with Gasteiger partial charge in [-0.05, 0) is 48.7 Å². The maximum atomic E-state index is 10.9. The molecule has 9 heteroatoms. The molecule has 0 unspecified atom stereocenters. The molecule has 0 spiro atoms. The van der Waals surface area contributed by atoms with E-state index in [1.165, 1.54) is 24.3 Å². The first kappa shape index (κ1) is 19.9. The first-order valence-electron chi connectivity index (χ1n) is 8.92. The van der Waals surface area contributed by atoms with Gasteiger partial charge in [-0.15, -0.1) is 5.11 Å². The van der Waals surface area contributed by atoms with Gasteiger partial charge in [0.25, 0.3) is 5.69 Å². The number of nitro benzene ring substituents is 1.